The molecule has 1 N–H and O–H groups in total. The highest BCUT2D eigenvalue weighted by atomic mass is 16.5. The Morgan fingerprint density at radius 3 is 2.58 bits per heavy atom. The molecule has 2 aromatic carbocycles. The van der Waals surface area contributed by atoms with E-state index in [4.69, 9.17) is 4.74 Å². The van der Waals surface area contributed by atoms with E-state index < -0.39 is 0 Å². The summed E-state index contributed by atoms with van der Waals surface area (Å²) in [6.45, 7) is 6.50. The molecule has 0 aliphatic carbocycles. The van der Waals surface area contributed by atoms with Gasteiger partial charge in [0.1, 0.15) is 5.75 Å². The predicted octanol–water partition coefficient (Wildman–Crippen LogP) is 3.85. The minimum absolute atomic E-state index is 0.0483. The van der Waals surface area contributed by atoms with Crippen molar-refractivity contribution in [3.05, 3.63) is 53.1 Å². The van der Waals surface area contributed by atoms with Gasteiger partial charge in [-0.3, -0.25) is 4.79 Å². The molecule has 1 aliphatic heterocycles. The molecule has 0 unspecified atom stereocenters. The molecule has 4 nitrogen and oxygen atoms in total. The summed E-state index contributed by atoms with van der Waals surface area (Å²) in [5.74, 6) is 1.14. The molecule has 3 rings (SSSR count). The number of amides is 1. The molecule has 1 heterocycles. The van der Waals surface area contributed by atoms with Crippen molar-refractivity contribution in [3.63, 3.8) is 0 Å². The van der Waals surface area contributed by atoms with E-state index in [-0.39, 0.29) is 12.5 Å². The molecule has 0 saturated carbocycles. The van der Waals surface area contributed by atoms with Gasteiger partial charge in [-0.1, -0.05) is 18.2 Å². The average molecular weight is 353 g/mol. The van der Waals surface area contributed by atoms with Crippen molar-refractivity contribution in [1.82, 2.24) is 4.90 Å². The van der Waals surface area contributed by atoms with Crippen LogP contribution in [-0.2, 0) is 11.4 Å². The zero-order valence-electron chi connectivity index (χ0n) is 15.6. The highest BCUT2D eigenvalue weighted by Crippen LogP contribution is 2.31. The van der Waals surface area contributed by atoms with Crippen LogP contribution in [-0.4, -0.2) is 35.6 Å². The van der Waals surface area contributed by atoms with Crippen molar-refractivity contribution in [2.45, 2.75) is 39.7 Å². The van der Waals surface area contributed by atoms with Gasteiger partial charge in [-0.05, 0) is 72.7 Å². The number of likely N-dealkylation sites (tertiary alicyclic amines) is 1. The van der Waals surface area contributed by atoms with Crippen molar-refractivity contribution in [2.24, 2.45) is 0 Å². The van der Waals surface area contributed by atoms with Crippen LogP contribution >= 0.6 is 0 Å². The Morgan fingerprint density at radius 1 is 1.15 bits per heavy atom. The first kappa shape index (κ1) is 18.5. The van der Waals surface area contributed by atoms with E-state index in [1.165, 1.54) is 5.56 Å². The van der Waals surface area contributed by atoms with Gasteiger partial charge in [0.15, 0.2) is 0 Å². The molecule has 26 heavy (non-hydrogen) atoms. The van der Waals surface area contributed by atoms with Gasteiger partial charge in [0, 0.05) is 19.5 Å². The number of aryl methyl sites for hydroxylation is 2. The maximum absolute atomic E-state index is 11.6. The van der Waals surface area contributed by atoms with Crippen LogP contribution in [0.2, 0.25) is 0 Å². The van der Waals surface area contributed by atoms with Crippen molar-refractivity contribution in [1.29, 1.82) is 0 Å². The Balaban J connectivity index is 1.64. The summed E-state index contributed by atoms with van der Waals surface area (Å²) in [7, 11) is 0. The first-order valence-corrected chi connectivity index (χ1v) is 9.30. The third-order valence-corrected chi connectivity index (χ3v) is 4.92. The van der Waals surface area contributed by atoms with E-state index in [1.54, 1.807) is 0 Å². The molecule has 0 radical (unpaired) electrons. The number of ether oxygens (including phenoxy) is 1. The number of hydrogen-bond donors (Lipinski definition) is 1. The number of benzene rings is 2. The first-order valence-electron chi connectivity index (χ1n) is 9.30. The Labute approximate surface area is 155 Å². The normalized spacial score (nSPS) is 14.1. The fourth-order valence-corrected chi connectivity index (χ4v) is 3.67. The summed E-state index contributed by atoms with van der Waals surface area (Å²) in [4.78, 5) is 13.5. The SMILES string of the molecule is Cc1cc(OCCCN2CCCC2=O)cc(C)c1-c1cccc(CO)c1. The molecule has 0 aromatic heterocycles. The standard InChI is InChI=1S/C22H27NO3/c1-16-12-20(26-11-5-10-23-9-4-8-21(23)25)13-17(2)22(16)19-7-3-6-18(14-19)15-24/h3,6-7,12-14,24H,4-5,8-11,15H2,1-2H3. The fourth-order valence-electron chi connectivity index (χ4n) is 3.67. The zero-order valence-corrected chi connectivity index (χ0v) is 15.6. The van der Waals surface area contributed by atoms with Gasteiger partial charge < -0.3 is 14.7 Å². The third kappa shape index (κ3) is 4.25. The minimum atomic E-state index is 0.0483. The summed E-state index contributed by atoms with van der Waals surface area (Å²) in [5, 5.41) is 9.36. The molecule has 0 spiro atoms. The number of rotatable bonds is 7. The molecule has 1 aliphatic rings. The molecule has 0 atom stereocenters. The zero-order chi connectivity index (χ0) is 18.5. The second-order valence-corrected chi connectivity index (χ2v) is 6.98. The lowest BCUT2D eigenvalue weighted by Gasteiger charge is -2.17. The van der Waals surface area contributed by atoms with Gasteiger partial charge in [0.2, 0.25) is 5.91 Å². The number of hydrogen-bond acceptors (Lipinski definition) is 3. The molecule has 0 bridgehead atoms. The van der Waals surface area contributed by atoms with Gasteiger partial charge in [-0.25, -0.2) is 0 Å². The second kappa shape index (κ2) is 8.37. The Kier molecular flexibility index (Phi) is 5.94. The molecular weight excluding hydrogens is 326 g/mol. The van der Waals surface area contributed by atoms with Crippen LogP contribution in [0.5, 0.6) is 5.75 Å². The van der Waals surface area contributed by atoms with Gasteiger partial charge in [0.25, 0.3) is 0 Å². The third-order valence-electron chi connectivity index (χ3n) is 4.92. The lowest BCUT2D eigenvalue weighted by Crippen LogP contribution is -2.26. The molecule has 1 saturated heterocycles. The van der Waals surface area contributed by atoms with Crippen molar-refractivity contribution >= 4 is 5.91 Å². The Bertz CT molecular complexity index is 762. The summed E-state index contributed by atoms with van der Waals surface area (Å²) < 4.78 is 5.92. The van der Waals surface area contributed by atoms with Crippen molar-refractivity contribution in [3.8, 4) is 16.9 Å². The monoisotopic (exact) mass is 353 g/mol. The molecule has 1 fully saturated rings. The Hall–Kier alpha value is -2.33. The highest BCUT2D eigenvalue weighted by Gasteiger charge is 2.19. The van der Waals surface area contributed by atoms with E-state index >= 15 is 0 Å². The van der Waals surface area contributed by atoms with E-state index in [0.29, 0.717) is 13.0 Å². The Morgan fingerprint density at radius 2 is 1.92 bits per heavy atom. The maximum Gasteiger partial charge on any atom is 0.222 e. The topological polar surface area (TPSA) is 49.8 Å². The molecular formula is C22H27NO3. The lowest BCUT2D eigenvalue weighted by atomic mass is 9.94. The number of carbonyl (C=O) groups is 1. The van der Waals surface area contributed by atoms with Gasteiger partial charge in [-0.2, -0.15) is 0 Å². The predicted molar refractivity (Wildman–Crippen MR) is 103 cm³/mol. The van der Waals surface area contributed by atoms with Gasteiger partial charge in [-0.15, -0.1) is 0 Å². The second-order valence-electron chi connectivity index (χ2n) is 6.98. The van der Waals surface area contributed by atoms with E-state index in [9.17, 15) is 9.90 Å². The summed E-state index contributed by atoms with van der Waals surface area (Å²) in [6, 6.07) is 12.1. The van der Waals surface area contributed by atoms with Gasteiger partial charge >= 0.3 is 0 Å². The first-order chi connectivity index (χ1) is 12.6. The van der Waals surface area contributed by atoms with Crippen LogP contribution in [0, 0.1) is 13.8 Å². The number of carbonyl (C=O) groups excluding carboxylic acids is 1. The largest absolute Gasteiger partial charge is 0.494 e. The summed E-state index contributed by atoms with van der Waals surface area (Å²) in [6.07, 6.45) is 2.53. The molecule has 2 aromatic rings. The highest BCUT2D eigenvalue weighted by molar-refractivity contribution is 5.78. The van der Waals surface area contributed by atoms with Crippen LogP contribution in [0.3, 0.4) is 0 Å². The molecule has 138 valence electrons. The molecule has 4 heteroatoms. The van der Waals surface area contributed by atoms with Crippen molar-refractivity contribution in [2.75, 3.05) is 19.7 Å². The number of aliphatic hydroxyl groups excluding tert-OH is 1. The summed E-state index contributed by atoms with van der Waals surface area (Å²) >= 11 is 0. The van der Waals surface area contributed by atoms with Crippen LogP contribution in [0.1, 0.15) is 36.0 Å². The number of aliphatic hydroxyl groups is 1. The van der Waals surface area contributed by atoms with Crippen LogP contribution in [0.15, 0.2) is 36.4 Å². The lowest BCUT2D eigenvalue weighted by molar-refractivity contribution is -0.127. The van der Waals surface area contributed by atoms with Crippen LogP contribution in [0.25, 0.3) is 11.1 Å². The molecule has 1 amide bonds. The maximum atomic E-state index is 11.6. The van der Waals surface area contributed by atoms with Crippen LogP contribution in [0.4, 0.5) is 0 Å². The van der Waals surface area contributed by atoms with E-state index in [0.717, 1.165) is 53.9 Å². The van der Waals surface area contributed by atoms with E-state index in [2.05, 4.69) is 32.0 Å². The average Bonchev–Trinajstić information content (AvgIpc) is 3.03. The van der Waals surface area contributed by atoms with Crippen molar-refractivity contribution < 1.29 is 14.6 Å². The smallest absolute Gasteiger partial charge is 0.222 e. The number of nitrogens with zero attached hydrogens (tertiary/aromatic N) is 1. The van der Waals surface area contributed by atoms with E-state index in [1.807, 2.05) is 23.1 Å². The van der Waals surface area contributed by atoms with Crippen LogP contribution < -0.4 is 4.74 Å². The quantitative estimate of drug-likeness (QED) is 0.769. The van der Waals surface area contributed by atoms with Gasteiger partial charge in [0.05, 0.1) is 13.2 Å². The fraction of sp³-hybridized carbons (Fsp3) is 0.409. The summed E-state index contributed by atoms with van der Waals surface area (Å²) in [5.41, 5.74) is 5.54. The minimum Gasteiger partial charge on any atom is -0.494 e.